The van der Waals surface area contributed by atoms with Gasteiger partial charge in [0.2, 0.25) is 0 Å². The Bertz CT molecular complexity index is 2900. The fraction of sp³-hybridized carbons (Fsp3) is 0.204. The zero-order valence-electron chi connectivity index (χ0n) is 36.0. The highest BCUT2D eigenvalue weighted by atomic mass is 16.6. The summed E-state index contributed by atoms with van der Waals surface area (Å²) in [7, 11) is 0. The van der Waals surface area contributed by atoms with E-state index in [9.17, 15) is 19.2 Å². The van der Waals surface area contributed by atoms with Gasteiger partial charge in [0.25, 0.3) is 5.91 Å². The zero-order valence-corrected chi connectivity index (χ0v) is 36.0. The Kier molecular flexibility index (Phi) is 13.9. The predicted molar refractivity (Wildman–Crippen MR) is 253 cm³/mol. The van der Waals surface area contributed by atoms with Gasteiger partial charge in [0.05, 0.1) is 24.0 Å². The van der Waals surface area contributed by atoms with Gasteiger partial charge in [0, 0.05) is 41.2 Å². The molecule has 3 atom stereocenters. The molecule has 3 N–H and O–H groups in total. The van der Waals surface area contributed by atoms with E-state index >= 15 is 0 Å². The second-order valence-corrected chi connectivity index (χ2v) is 16.4. The smallest absolute Gasteiger partial charge is 0.428 e. The van der Waals surface area contributed by atoms with Crippen LogP contribution < -0.4 is 21.3 Å². The second-order valence-electron chi connectivity index (χ2n) is 16.4. The minimum Gasteiger partial charge on any atom is -0.481 e. The summed E-state index contributed by atoms with van der Waals surface area (Å²) in [5, 5.41) is 17.5. The Morgan fingerprint density at radius 2 is 1.51 bits per heavy atom. The minimum absolute atomic E-state index is 0.0221. The number of carbonyl (C=O) groups excluding carboxylic acids is 3. The molecule has 0 saturated carbocycles. The highest BCUT2D eigenvalue weighted by molar-refractivity contribution is 6.05. The van der Waals surface area contributed by atoms with E-state index in [2.05, 4.69) is 75.2 Å². The third-order valence-corrected chi connectivity index (χ3v) is 11.9. The lowest BCUT2D eigenvalue weighted by atomic mass is 9.69. The summed E-state index contributed by atoms with van der Waals surface area (Å²) in [6, 6.07) is 44.5. The number of Topliss-reactive ketones (excluding diaryl/α,β-unsaturated/α-hetero) is 1. The predicted octanol–water partition coefficient (Wildman–Crippen LogP) is 8.73. The maximum Gasteiger partial charge on any atom is 0.428 e. The van der Waals surface area contributed by atoms with E-state index in [-0.39, 0.29) is 36.8 Å². The summed E-state index contributed by atoms with van der Waals surface area (Å²) in [6.07, 6.45) is 7.95. The molecule has 0 aromatic heterocycles. The molecular weight excluding hydrogens is 815 g/mol. The molecular formula is C54H49N5O6. The van der Waals surface area contributed by atoms with Crippen LogP contribution in [0.5, 0.6) is 0 Å². The Labute approximate surface area is 377 Å². The first-order chi connectivity index (χ1) is 31.7. The third kappa shape index (κ3) is 10.9. The first-order valence-corrected chi connectivity index (χ1v) is 21.8. The summed E-state index contributed by atoms with van der Waals surface area (Å²) in [4.78, 5) is 57.8. The first-order valence-electron chi connectivity index (χ1n) is 21.8. The number of hydrogen-bond acceptors (Lipinski definition) is 8. The number of ether oxygens (including phenoxy) is 1. The van der Waals surface area contributed by atoms with Crippen molar-refractivity contribution in [3.8, 4) is 11.1 Å². The normalized spacial score (nSPS) is 16.7. The van der Waals surface area contributed by atoms with Gasteiger partial charge in [-0.2, -0.15) is 5.10 Å². The lowest BCUT2D eigenvalue weighted by molar-refractivity contribution is -0.137. The molecule has 0 fully saturated rings. The summed E-state index contributed by atoms with van der Waals surface area (Å²) < 4.78 is 5.16. The van der Waals surface area contributed by atoms with E-state index in [1.807, 2.05) is 72.8 Å². The van der Waals surface area contributed by atoms with Crippen LogP contribution >= 0.6 is 0 Å². The van der Waals surface area contributed by atoms with Crippen LogP contribution in [0.25, 0.3) is 17.3 Å². The minimum atomic E-state index is -0.866. The van der Waals surface area contributed by atoms with E-state index in [0.717, 1.165) is 69.8 Å². The van der Waals surface area contributed by atoms with Gasteiger partial charge >= 0.3 is 12.1 Å². The SMILES string of the molecule is CC1CC(=O)C(CCc2ccccc2)c2c1ccc1c2CCc2c(NC(=O)c3ccc(C=NNC(=O)OCc4ccccc4)cc3)cccc2-1.O=C(O)CC1C=NC=c2ccccc2=N1. The van der Waals surface area contributed by atoms with Crippen molar-refractivity contribution in [3.63, 3.8) is 0 Å². The number of carboxylic acid groups (broad SMARTS) is 1. The molecule has 6 aromatic carbocycles. The van der Waals surface area contributed by atoms with Crippen molar-refractivity contribution < 1.29 is 29.0 Å². The molecule has 0 radical (unpaired) electrons. The number of aliphatic carboxylic acids is 1. The standard InChI is InChI=1S/C43H39N3O4.C11H10N2O2/c1-28-25-40(47)38(20-17-29-9-4-2-5-10-29)41-33(28)21-22-35-34-13-8-14-39(36(34)23-24-37(35)41)45-42(48)32-18-15-30(16-19-32)26-44-46-43(49)50-27-31-11-6-3-7-12-31;14-11(15)5-9-7-12-6-8-3-1-2-4-10(8)13-9/h2-16,18-19,21-22,26,28,38H,17,20,23-25,27H2,1H3,(H,45,48)(H,46,49);1-4,6-7,9H,5H2,(H,14,15). The number of para-hydroxylation sites is 1. The number of benzene rings is 6. The molecule has 9 rings (SSSR count). The van der Waals surface area contributed by atoms with Crippen LogP contribution in [0.1, 0.15) is 87.3 Å². The summed E-state index contributed by atoms with van der Waals surface area (Å²) in [5.41, 5.74) is 13.7. The van der Waals surface area contributed by atoms with Crippen LogP contribution in [0.4, 0.5) is 10.5 Å². The number of carbonyl (C=O) groups is 4. The highest BCUT2D eigenvalue weighted by Gasteiger charge is 2.35. The molecule has 65 heavy (non-hydrogen) atoms. The molecule has 11 heteroatoms. The van der Waals surface area contributed by atoms with Crippen molar-refractivity contribution in [3.05, 3.63) is 195 Å². The number of aryl methyl sites for hydroxylation is 1. The Hall–Kier alpha value is -7.79. The molecule has 1 heterocycles. The van der Waals surface area contributed by atoms with Gasteiger partial charge in [-0.15, -0.1) is 0 Å². The average molecular weight is 864 g/mol. The number of rotatable bonds is 11. The summed E-state index contributed by atoms with van der Waals surface area (Å²) >= 11 is 0. The van der Waals surface area contributed by atoms with Crippen LogP contribution in [0, 0.1) is 0 Å². The Balaban J connectivity index is 0.000000324. The van der Waals surface area contributed by atoms with Gasteiger partial charge in [0.15, 0.2) is 0 Å². The molecule has 0 saturated heterocycles. The number of ketones is 1. The van der Waals surface area contributed by atoms with Gasteiger partial charge < -0.3 is 15.2 Å². The molecule has 6 aromatic rings. The number of nitrogens with zero attached hydrogens (tertiary/aromatic N) is 3. The maximum atomic E-state index is 13.5. The molecule has 3 aliphatic rings. The van der Waals surface area contributed by atoms with Crippen molar-refractivity contribution in [2.24, 2.45) is 15.1 Å². The number of carboxylic acids is 1. The van der Waals surface area contributed by atoms with Gasteiger partial charge in [-0.1, -0.05) is 122 Å². The van der Waals surface area contributed by atoms with Crippen molar-refractivity contribution in [1.82, 2.24) is 5.43 Å². The average Bonchev–Trinajstić information content (AvgIpc) is 3.53. The summed E-state index contributed by atoms with van der Waals surface area (Å²) in [5.74, 6) is -0.622. The molecule has 0 bridgehead atoms. The Morgan fingerprint density at radius 3 is 2.28 bits per heavy atom. The molecule has 2 aliphatic carbocycles. The van der Waals surface area contributed by atoms with Crippen molar-refractivity contribution in [1.29, 1.82) is 0 Å². The number of fused-ring (bicyclic) bond motifs is 6. The van der Waals surface area contributed by atoms with E-state index in [4.69, 9.17) is 9.84 Å². The maximum absolute atomic E-state index is 13.5. The summed E-state index contributed by atoms with van der Waals surface area (Å²) in [6.45, 7) is 2.32. The fourth-order valence-electron chi connectivity index (χ4n) is 8.75. The van der Waals surface area contributed by atoms with Crippen LogP contribution in [-0.4, -0.2) is 47.3 Å². The van der Waals surface area contributed by atoms with Crippen LogP contribution in [0.3, 0.4) is 0 Å². The number of hydrazone groups is 1. The molecule has 1 aliphatic heterocycles. The lowest BCUT2D eigenvalue weighted by Crippen LogP contribution is -2.26. The Morgan fingerprint density at radius 1 is 0.800 bits per heavy atom. The number of anilines is 1. The van der Waals surface area contributed by atoms with Crippen LogP contribution in [-0.2, 0) is 40.2 Å². The molecule has 11 nitrogen and oxygen atoms in total. The van der Waals surface area contributed by atoms with Gasteiger partial charge in [-0.25, -0.2) is 10.2 Å². The molecule has 3 unspecified atom stereocenters. The van der Waals surface area contributed by atoms with Gasteiger partial charge in [-0.3, -0.25) is 24.4 Å². The fourth-order valence-corrected chi connectivity index (χ4v) is 8.75. The lowest BCUT2D eigenvalue weighted by Gasteiger charge is -2.34. The molecule has 2 amide bonds. The number of hydrogen-bond donors (Lipinski definition) is 3. The van der Waals surface area contributed by atoms with Crippen LogP contribution in [0.2, 0.25) is 0 Å². The van der Waals surface area contributed by atoms with Gasteiger partial charge in [0.1, 0.15) is 12.4 Å². The van der Waals surface area contributed by atoms with Gasteiger partial charge in [-0.05, 0) is 106 Å². The number of aliphatic imine (C=N–C) groups is 1. The quantitative estimate of drug-likeness (QED) is 0.0873. The van der Waals surface area contributed by atoms with Crippen LogP contribution in [0.15, 0.2) is 155 Å². The topological polar surface area (TPSA) is 159 Å². The van der Waals surface area contributed by atoms with E-state index in [1.165, 1.54) is 28.5 Å². The largest absolute Gasteiger partial charge is 0.481 e. The number of nitrogens with one attached hydrogen (secondary N) is 2. The number of amides is 2. The van der Waals surface area contributed by atoms with Crippen molar-refractivity contribution >= 4 is 48.1 Å². The van der Waals surface area contributed by atoms with E-state index in [1.54, 1.807) is 36.7 Å². The zero-order chi connectivity index (χ0) is 45.1. The highest BCUT2D eigenvalue weighted by Crippen LogP contribution is 2.47. The van der Waals surface area contributed by atoms with Crippen molar-refractivity contribution in [2.45, 2.75) is 69.9 Å². The third-order valence-electron chi connectivity index (χ3n) is 11.9. The first kappa shape index (κ1) is 43.8. The molecule has 326 valence electrons. The second kappa shape index (κ2) is 20.6. The monoisotopic (exact) mass is 863 g/mol. The van der Waals surface area contributed by atoms with E-state index in [0.29, 0.717) is 17.8 Å². The van der Waals surface area contributed by atoms with Crippen molar-refractivity contribution in [2.75, 3.05) is 5.32 Å². The van der Waals surface area contributed by atoms with E-state index < -0.39 is 12.1 Å². The molecule has 0 spiro atoms.